The number of thioether (sulfide) groups is 1. The van der Waals surface area contributed by atoms with Crippen LogP contribution in [0.4, 0.5) is 8.78 Å². The van der Waals surface area contributed by atoms with Crippen LogP contribution in [0.3, 0.4) is 0 Å². The predicted molar refractivity (Wildman–Crippen MR) is 127 cm³/mol. The minimum absolute atomic E-state index is 0.233. The van der Waals surface area contributed by atoms with E-state index in [9.17, 15) is 8.78 Å². The van der Waals surface area contributed by atoms with E-state index in [4.69, 9.17) is 5.26 Å². The van der Waals surface area contributed by atoms with Gasteiger partial charge in [0.05, 0.1) is 4.90 Å². The van der Waals surface area contributed by atoms with E-state index in [2.05, 4.69) is 30.6 Å². The van der Waals surface area contributed by atoms with Crippen molar-refractivity contribution in [2.75, 3.05) is 0 Å². The molecule has 0 amide bonds. The third kappa shape index (κ3) is 7.15. The summed E-state index contributed by atoms with van der Waals surface area (Å²) in [6, 6.07) is 9.90. The minimum atomic E-state index is -0.776. The first-order valence-electron chi connectivity index (χ1n) is 11.3. The van der Waals surface area contributed by atoms with Crippen molar-refractivity contribution in [3.8, 4) is 29.1 Å². The maximum Gasteiger partial charge on any atom is 0.142 e. The van der Waals surface area contributed by atoms with Gasteiger partial charge in [0.1, 0.15) is 17.0 Å². The Balaban J connectivity index is 1.56. The van der Waals surface area contributed by atoms with E-state index in [1.165, 1.54) is 51.4 Å². The maximum atomic E-state index is 13.9. The lowest BCUT2D eigenvalue weighted by molar-refractivity contribution is 0.294. The van der Waals surface area contributed by atoms with Gasteiger partial charge < -0.3 is 0 Å². The van der Waals surface area contributed by atoms with Crippen molar-refractivity contribution in [1.29, 1.82) is 5.26 Å². The lowest BCUT2D eigenvalue weighted by Gasteiger charge is -2.25. The molecule has 1 aliphatic rings. The third-order valence-corrected chi connectivity index (χ3v) is 6.55. The number of nitriles is 1. The van der Waals surface area contributed by atoms with Gasteiger partial charge in [0.15, 0.2) is 0 Å². The lowest BCUT2D eigenvalue weighted by Crippen LogP contribution is -2.13. The molecule has 1 saturated carbocycles. The zero-order valence-electron chi connectivity index (χ0n) is 18.4. The second-order valence-corrected chi connectivity index (χ2v) is 9.07. The third-order valence-electron chi connectivity index (χ3n) is 5.87. The first-order valence-corrected chi connectivity index (χ1v) is 12.1. The number of rotatable bonds is 5. The molecular weight excluding hydrogens is 420 g/mol. The molecule has 0 heterocycles. The fraction of sp³-hybridized carbons (Fsp3) is 0.393. The van der Waals surface area contributed by atoms with Crippen LogP contribution in [-0.4, -0.2) is 0 Å². The van der Waals surface area contributed by atoms with Crippen LogP contribution in [-0.2, 0) is 0 Å². The van der Waals surface area contributed by atoms with E-state index in [-0.39, 0.29) is 10.5 Å². The molecular formula is C28H27F2NS. The van der Waals surface area contributed by atoms with Gasteiger partial charge in [-0.1, -0.05) is 56.3 Å². The summed E-state index contributed by atoms with van der Waals surface area (Å²) >= 11 is 0.466. The largest absolute Gasteiger partial charge is 0.206 e. The first kappa shape index (κ1) is 23.9. The van der Waals surface area contributed by atoms with Crippen LogP contribution in [0.5, 0.6) is 0 Å². The Morgan fingerprint density at radius 1 is 0.875 bits per heavy atom. The van der Waals surface area contributed by atoms with Crippen molar-refractivity contribution >= 4 is 11.8 Å². The predicted octanol–water partition coefficient (Wildman–Crippen LogP) is 7.68. The van der Waals surface area contributed by atoms with Crippen LogP contribution in [0, 0.1) is 57.8 Å². The van der Waals surface area contributed by atoms with Crippen LogP contribution in [0.1, 0.15) is 75.0 Å². The van der Waals surface area contributed by atoms with Gasteiger partial charge in [0, 0.05) is 22.6 Å². The van der Waals surface area contributed by atoms with Gasteiger partial charge in [-0.15, -0.1) is 0 Å². The molecule has 0 bridgehead atoms. The van der Waals surface area contributed by atoms with E-state index in [0.717, 1.165) is 29.2 Å². The number of halogens is 2. The Morgan fingerprint density at radius 3 is 2.06 bits per heavy atom. The highest BCUT2D eigenvalue weighted by molar-refractivity contribution is 8.03. The molecule has 2 aromatic carbocycles. The van der Waals surface area contributed by atoms with Gasteiger partial charge in [0.25, 0.3) is 0 Å². The molecule has 0 N–H and O–H groups in total. The lowest BCUT2D eigenvalue weighted by atomic mass is 9.80. The Morgan fingerprint density at radius 2 is 1.47 bits per heavy atom. The summed E-state index contributed by atoms with van der Waals surface area (Å²) in [7, 11) is 0. The molecule has 164 valence electrons. The van der Waals surface area contributed by atoms with Gasteiger partial charge in [-0.25, -0.2) is 8.78 Å². The van der Waals surface area contributed by atoms with Gasteiger partial charge in [0.2, 0.25) is 0 Å². The van der Waals surface area contributed by atoms with Gasteiger partial charge in [-0.05, 0) is 79.8 Å². The van der Waals surface area contributed by atoms with E-state index in [1.807, 2.05) is 24.3 Å². The summed E-state index contributed by atoms with van der Waals surface area (Å²) in [4.78, 5) is -0.300. The van der Waals surface area contributed by atoms with Gasteiger partial charge >= 0.3 is 0 Å². The van der Waals surface area contributed by atoms with Gasteiger partial charge in [-0.3, -0.25) is 0 Å². The number of unbranched alkanes of at least 4 members (excludes halogenated alkanes) is 2. The molecule has 0 spiro atoms. The fourth-order valence-corrected chi connectivity index (χ4v) is 4.42. The zero-order valence-corrected chi connectivity index (χ0v) is 19.2. The molecule has 2 aromatic rings. The van der Waals surface area contributed by atoms with Crippen molar-refractivity contribution in [3.05, 3.63) is 64.7 Å². The molecule has 3 rings (SSSR count). The summed E-state index contributed by atoms with van der Waals surface area (Å²) in [5, 5.41) is 10.3. The van der Waals surface area contributed by atoms with Crippen LogP contribution >= 0.6 is 11.8 Å². The maximum absolute atomic E-state index is 13.9. The highest BCUT2D eigenvalue weighted by Gasteiger charge is 2.19. The summed E-state index contributed by atoms with van der Waals surface area (Å²) in [6.45, 7) is 2.25. The number of benzene rings is 2. The van der Waals surface area contributed by atoms with E-state index < -0.39 is 11.6 Å². The van der Waals surface area contributed by atoms with E-state index in [1.54, 1.807) is 5.40 Å². The molecule has 1 nitrogen and oxygen atoms in total. The monoisotopic (exact) mass is 447 g/mol. The summed E-state index contributed by atoms with van der Waals surface area (Å²) in [5.41, 5.74) is 1.94. The quantitative estimate of drug-likeness (QED) is 0.203. The van der Waals surface area contributed by atoms with Crippen LogP contribution in [0.2, 0.25) is 0 Å². The molecule has 0 radical (unpaired) electrons. The van der Waals surface area contributed by atoms with Crippen molar-refractivity contribution in [2.24, 2.45) is 11.8 Å². The Hall–Kier alpha value is -2.74. The Kier molecular flexibility index (Phi) is 9.22. The second kappa shape index (κ2) is 12.3. The molecule has 0 unspecified atom stereocenters. The highest BCUT2D eigenvalue weighted by atomic mass is 32.2. The second-order valence-electron chi connectivity index (χ2n) is 8.27. The number of hydrogen-bond donors (Lipinski definition) is 0. The zero-order chi connectivity index (χ0) is 22.8. The van der Waals surface area contributed by atoms with E-state index in [0.29, 0.717) is 17.7 Å². The molecule has 0 saturated heterocycles. The molecule has 32 heavy (non-hydrogen) atoms. The molecule has 1 fully saturated rings. The summed E-state index contributed by atoms with van der Waals surface area (Å²) in [6.07, 6.45) is 10.4. The van der Waals surface area contributed by atoms with Crippen LogP contribution in [0.15, 0.2) is 41.3 Å². The summed E-state index contributed by atoms with van der Waals surface area (Å²) in [5.74, 6) is 12.3. The van der Waals surface area contributed by atoms with Crippen molar-refractivity contribution in [3.63, 3.8) is 0 Å². The van der Waals surface area contributed by atoms with Crippen LogP contribution in [0.25, 0.3) is 0 Å². The van der Waals surface area contributed by atoms with Crippen LogP contribution < -0.4 is 0 Å². The number of hydrogen-bond acceptors (Lipinski definition) is 2. The topological polar surface area (TPSA) is 23.8 Å². The Bertz CT molecular complexity index is 1050. The van der Waals surface area contributed by atoms with Crippen molar-refractivity contribution < 1.29 is 8.78 Å². The highest BCUT2D eigenvalue weighted by Crippen LogP contribution is 2.31. The molecule has 4 heteroatoms. The van der Waals surface area contributed by atoms with Gasteiger partial charge in [-0.2, -0.15) is 5.26 Å². The average Bonchev–Trinajstić information content (AvgIpc) is 2.80. The molecule has 1 aliphatic carbocycles. The standard InChI is InChI=1S/C28H27F2NS/c1-2-3-4-5-21-6-8-22(9-7-21)10-11-23-12-14-24(15-13-23)16-17-25-18-26(29)28(32-20-31)27(30)19-25/h12-15,18-19,21-22H,2-9H2,1H3. The molecule has 0 aromatic heterocycles. The van der Waals surface area contributed by atoms with Crippen molar-refractivity contribution in [1.82, 2.24) is 0 Å². The Labute approximate surface area is 194 Å². The fourth-order valence-electron chi connectivity index (χ4n) is 4.02. The number of nitrogens with zero attached hydrogens (tertiary/aromatic N) is 1. The summed E-state index contributed by atoms with van der Waals surface area (Å²) < 4.78 is 27.8. The average molecular weight is 448 g/mol. The van der Waals surface area contributed by atoms with Crippen molar-refractivity contribution in [2.45, 2.75) is 63.2 Å². The number of thiocyanates is 1. The first-order chi connectivity index (χ1) is 15.6. The SMILES string of the molecule is CCCCCC1CCC(C#Cc2ccc(C#Cc3cc(F)c(SC#N)c(F)c3)cc2)CC1. The van der Waals surface area contributed by atoms with E-state index >= 15 is 0 Å². The molecule has 0 atom stereocenters. The minimum Gasteiger partial charge on any atom is -0.206 e. The normalized spacial score (nSPS) is 17.4. The smallest absolute Gasteiger partial charge is 0.142 e. The molecule has 0 aliphatic heterocycles.